The molecule has 0 unspecified atom stereocenters. The van der Waals surface area contributed by atoms with E-state index in [0.29, 0.717) is 0 Å². The fraction of sp³-hybridized carbons (Fsp3) is 0.500. The first-order valence-electron chi connectivity index (χ1n) is 5.57. The highest BCUT2D eigenvalue weighted by atomic mass is 19.4. The van der Waals surface area contributed by atoms with Gasteiger partial charge in [-0.15, -0.1) is 0 Å². The summed E-state index contributed by atoms with van der Waals surface area (Å²) in [6.45, 7) is 3.88. The molecule has 0 aliphatic rings. The molecule has 0 amide bonds. The van der Waals surface area contributed by atoms with Gasteiger partial charge in [0.25, 0.3) is 0 Å². The number of nitrogens with zero attached hydrogens (tertiary/aromatic N) is 2. The Balaban J connectivity index is 2.77. The second kappa shape index (κ2) is 6.38. The van der Waals surface area contributed by atoms with Gasteiger partial charge in [0.2, 0.25) is 5.88 Å². The number of hydrogen-bond donors (Lipinski definition) is 0. The van der Waals surface area contributed by atoms with Gasteiger partial charge in [0.1, 0.15) is 23.9 Å². The minimum atomic E-state index is -4.57. The van der Waals surface area contributed by atoms with Gasteiger partial charge in [0.15, 0.2) is 0 Å². The summed E-state index contributed by atoms with van der Waals surface area (Å²) in [6.07, 6.45) is -4.57. The van der Waals surface area contributed by atoms with Crippen molar-refractivity contribution in [1.29, 1.82) is 5.26 Å². The van der Waals surface area contributed by atoms with E-state index in [0.717, 1.165) is 12.1 Å². The molecule has 0 fully saturated rings. The predicted molar refractivity (Wildman–Crippen MR) is 60.5 cm³/mol. The van der Waals surface area contributed by atoms with Crippen molar-refractivity contribution in [2.45, 2.75) is 26.1 Å². The Labute approximate surface area is 108 Å². The molecule has 4 nitrogen and oxygen atoms in total. The minimum absolute atomic E-state index is 0.00601. The molecule has 0 saturated carbocycles. The number of hydrogen-bond acceptors (Lipinski definition) is 4. The van der Waals surface area contributed by atoms with Crippen molar-refractivity contribution in [3.63, 3.8) is 0 Å². The lowest BCUT2D eigenvalue weighted by Crippen LogP contribution is -2.14. The van der Waals surface area contributed by atoms with Crippen LogP contribution in [0.3, 0.4) is 0 Å². The second-order valence-corrected chi connectivity index (χ2v) is 3.93. The van der Waals surface area contributed by atoms with Crippen LogP contribution in [0.25, 0.3) is 0 Å². The highest BCUT2D eigenvalue weighted by Gasteiger charge is 2.33. The molecule has 19 heavy (non-hydrogen) atoms. The van der Waals surface area contributed by atoms with Crippen LogP contribution >= 0.6 is 0 Å². The molecule has 0 bridgehead atoms. The topological polar surface area (TPSA) is 55.1 Å². The highest BCUT2D eigenvalue weighted by molar-refractivity contribution is 5.39. The molecule has 0 radical (unpaired) electrons. The number of pyridine rings is 1. The summed E-state index contributed by atoms with van der Waals surface area (Å²) < 4.78 is 47.6. The van der Waals surface area contributed by atoms with Gasteiger partial charge in [-0.1, -0.05) is 0 Å². The normalized spacial score (nSPS) is 11.4. The quantitative estimate of drug-likeness (QED) is 0.775. The van der Waals surface area contributed by atoms with Crippen molar-refractivity contribution in [2.24, 2.45) is 0 Å². The SMILES string of the molecule is CC(C)OCCOc1nc(C(F)(F)F)ccc1C#N. The molecule has 0 aliphatic carbocycles. The maximum atomic E-state index is 12.5. The average molecular weight is 274 g/mol. The van der Waals surface area contributed by atoms with Crippen molar-refractivity contribution in [3.8, 4) is 11.9 Å². The van der Waals surface area contributed by atoms with Gasteiger partial charge in [0.05, 0.1) is 12.7 Å². The molecule has 1 aromatic rings. The van der Waals surface area contributed by atoms with Crippen LogP contribution in [0.4, 0.5) is 13.2 Å². The zero-order valence-electron chi connectivity index (χ0n) is 10.5. The molecule has 1 rings (SSSR count). The first-order valence-corrected chi connectivity index (χ1v) is 5.57. The summed E-state index contributed by atoms with van der Waals surface area (Å²) in [6, 6.07) is 3.51. The van der Waals surface area contributed by atoms with E-state index in [-0.39, 0.29) is 30.8 Å². The zero-order valence-corrected chi connectivity index (χ0v) is 10.5. The average Bonchev–Trinajstić information content (AvgIpc) is 2.33. The third kappa shape index (κ3) is 4.75. The fourth-order valence-electron chi connectivity index (χ4n) is 1.22. The Hall–Kier alpha value is -1.81. The number of alkyl halides is 3. The van der Waals surface area contributed by atoms with Gasteiger partial charge >= 0.3 is 6.18 Å². The van der Waals surface area contributed by atoms with Crippen molar-refractivity contribution in [1.82, 2.24) is 4.98 Å². The molecule has 1 aromatic heterocycles. The summed E-state index contributed by atoms with van der Waals surface area (Å²) in [5, 5.41) is 8.77. The maximum Gasteiger partial charge on any atom is 0.433 e. The fourth-order valence-corrected chi connectivity index (χ4v) is 1.22. The molecule has 104 valence electrons. The van der Waals surface area contributed by atoms with E-state index in [1.54, 1.807) is 6.07 Å². The first-order chi connectivity index (χ1) is 8.84. The summed E-state index contributed by atoms with van der Waals surface area (Å²) in [5.74, 6) is -0.329. The monoisotopic (exact) mass is 274 g/mol. The minimum Gasteiger partial charge on any atom is -0.474 e. The smallest absolute Gasteiger partial charge is 0.433 e. The van der Waals surface area contributed by atoms with Gasteiger partial charge in [-0.05, 0) is 26.0 Å². The predicted octanol–water partition coefficient (Wildman–Crippen LogP) is 2.78. The highest BCUT2D eigenvalue weighted by Crippen LogP contribution is 2.29. The molecular weight excluding hydrogens is 261 g/mol. The summed E-state index contributed by atoms with van der Waals surface area (Å²) in [5.41, 5.74) is -1.14. The van der Waals surface area contributed by atoms with E-state index in [1.807, 2.05) is 13.8 Å². The molecule has 1 heterocycles. The molecule has 0 aromatic carbocycles. The van der Waals surface area contributed by atoms with Crippen LogP contribution in [0.1, 0.15) is 25.1 Å². The van der Waals surface area contributed by atoms with Gasteiger partial charge < -0.3 is 9.47 Å². The lowest BCUT2D eigenvalue weighted by molar-refractivity contribution is -0.141. The Bertz CT molecular complexity index is 467. The van der Waals surface area contributed by atoms with Gasteiger partial charge in [-0.2, -0.15) is 18.4 Å². The van der Waals surface area contributed by atoms with E-state index < -0.39 is 11.9 Å². The Morgan fingerprint density at radius 1 is 1.32 bits per heavy atom. The van der Waals surface area contributed by atoms with E-state index in [1.165, 1.54) is 0 Å². The first kappa shape index (κ1) is 15.2. The van der Waals surface area contributed by atoms with E-state index >= 15 is 0 Å². The van der Waals surface area contributed by atoms with Crippen LogP contribution < -0.4 is 4.74 Å². The number of nitriles is 1. The van der Waals surface area contributed by atoms with Crippen LogP contribution in [-0.4, -0.2) is 24.3 Å². The Morgan fingerprint density at radius 2 is 2.00 bits per heavy atom. The number of aromatic nitrogens is 1. The van der Waals surface area contributed by atoms with Gasteiger partial charge in [-0.3, -0.25) is 0 Å². The molecule has 0 spiro atoms. The lowest BCUT2D eigenvalue weighted by atomic mass is 10.2. The number of rotatable bonds is 5. The van der Waals surface area contributed by atoms with E-state index in [9.17, 15) is 13.2 Å². The van der Waals surface area contributed by atoms with Gasteiger partial charge in [-0.25, -0.2) is 4.98 Å². The van der Waals surface area contributed by atoms with Crippen molar-refractivity contribution < 1.29 is 22.6 Å². The van der Waals surface area contributed by atoms with Crippen LogP contribution in [0.15, 0.2) is 12.1 Å². The standard InChI is InChI=1S/C12H13F3N2O2/c1-8(2)18-5-6-19-11-9(7-16)3-4-10(17-11)12(13,14)15/h3-4,8H,5-6H2,1-2H3. The number of ether oxygens (including phenoxy) is 2. The van der Waals surface area contributed by atoms with Crippen molar-refractivity contribution >= 4 is 0 Å². The molecule has 0 atom stereocenters. The van der Waals surface area contributed by atoms with Crippen LogP contribution in [0.2, 0.25) is 0 Å². The maximum absolute atomic E-state index is 12.5. The lowest BCUT2D eigenvalue weighted by Gasteiger charge is -2.11. The Kier molecular flexibility index (Phi) is 5.12. The largest absolute Gasteiger partial charge is 0.474 e. The summed E-state index contributed by atoms with van der Waals surface area (Å²) >= 11 is 0. The Morgan fingerprint density at radius 3 is 2.53 bits per heavy atom. The molecule has 7 heteroatoms. The third-order valence-corrected chi connectivity index (χ3v) is 2.04. The van der Waals surface area contributed by atoms with Crippen molar-refractivity contribution in [3.05, 3.63) is 23.4 Å². The van der Waals surface area contributed by atoms with E-state index in [4.69, 9.17) is 14.7 Å². The molecule has 0 N–H and O–H groups in total. The van der Waals surface area contributed by atoms with E-state index in [2.05, 4.69) is 4.98 Å². The molecule has 0 aliphatic heterocycles. The summed E-state index contributed by atoms with van der Waals surface area (Å²) in [4.78, 5) is 3.31. The third-order valence-electron chi connectivity index (χ3n) is 2.04. The van der Waals surface area contributed by atoms with Crippen LogP contribution in [0.5, 0.6) is 5.88 Å². The molecule has 0 saturated heterocycles. The van der Waals surface area contributed by atoms with Crippen LogP contribution in [0, 0.1) is 11.3 Å². The number of halogens is 3. The molecular formula is C12H13F3N2O2. The van der Waals surface area contributed by atoms with Gasteiger partial charge in [0, 0.05) is 0 Å². The van der Waals surface area contributed by atoms with Crippen molar-refractivity contribution in [2.75, 3.05) is 13.2 Å². The zero-order chi connectivity index (χ0) is 14.5. The summed E-state index contributed by atoms with van der Waals surface area (Å²) in [7, 11) is 0. The van der Waals surface area contributed by atoms with Crippen LogP contribution in [-0.2, 0) is 10.9 Å². The second-order valence-electron chi connectivity index (χ2n) is 3.93.